The molecule has 0 radical (unpaired) electrons. The van der Waals surface area contributed by atoms with E-state index in [4.69, 9.17) is 73.6 Å². The molecule has 0 aliphatic rings. The van der Waals surface area contributed by atoms with Crippen LogP contribution >= 0.6 is 58.0 Å². The summed E-state index contributed by atoms with van der Waals surface area (Å²) in [6.45, 7) is -2.38. The van der Waals surface area contributed by atoms with Gasteiger partial charge in [0.15, 0.2) is 0 Å². The van der Waals surface area contributed by atoms with Crippen molar-refractivity contribution in [3.8, 4) is 22.5 Å². The Labute approximate surface area is 219 Å². The Morgan fingerprint density at radius 2 is 1.24 bits per heavy atom. The first-order chi connectivity index (χ1) is 16.8. The van der Waals surface area contributed by atoms with Gasteiger partial charge in [0.25, 0.3) is 0 Å². The first-order valence-electron chi connectivity index (χ1n) is 10.5. The summed E-state index contributed by atoms with van der Waals surface area (Å²) in [7, 11) is 0. The second-order valence-electron chi connectivity index (χ2n) is 6.26. The van der Waals surface area contributed by atoms with Crippen LogP contribution in [0.2, 0.25) is 25.2 Å². The van der Waals surface area contributed by atoms with E-state index < -0.39 is 6.98 Å². The lowest BCUT2D eigenvalue weighted by atomic mass is 10.1. The first-order valence-corrected chi connectivity index (χ1v) is 10.8. The second-order valence-corrected chi connectivity index (χ2v) is 8.22. The van der Waals surface area contributed by atoms with Crippen LogP contribution in [0.15, 0.2) is 48.5 Å². The number of nitrogens with one attached hydrogen (secondary N) is 1. The molecule has 0 aliphatic heterocycles. The van der Waals surface area contributed by atoms with Crippen molar-refractivity contribution in [1.29, 1.82) is 0 Å². The summed E-state index contributed by atoms with van der Waals surface area (Å²) >= 11 is 29.8. The van der Waals surface area contributed by atoms with Gasteiger partial charge in [0.1, 0.15) is 11.0 Å². The van der Waals surface area contributed by atoms with Crippen LogP contribution in [0.25, 0.3) is 22.5 Å². The van der Waals surface area contributed by atoms with Gasteiger partial charge in [0.2, 0.25) is 11.9 Å². The van der Waals surface area contributed by atoms with Crippen molar-refractivity contribution in [2.45, 2.75) is 0 Å². The molecule has 0 saturated heterocycles. The van der Waals surface area contributed by atoms with Crippen molar-refractivity contribution < 1.29 is 4.11 Å². The summed E-state index contributed by atoms with van der Waals surface area (Å²) in [6, 6.07) is 13.3. The Hall–Kier alpha value is -2.55. The van der Waals surface area contributed by atoms with Gasteiger partial charge in [-0.1, -0.05) is 82.3 Å². The fraction of sp³-hybridized carbons (Fsp3) is 0.0476. The minimum absolute atomic E-state index is 0.0645. The average Bonchev–Trinajstić information content (AvgIpc) is 2.75. The van der Waals surface area contributed by atoms with Gasteiger partial charge >= 0.3 is 0 Å². The Morgan fingerprint density at radius 3 is 1.76 bits per heavy atom. The van der Waals surface area contributed by atoms with E-state index in [-0.39, 0.29) is 22.9 Å². The maximum absolute atomic E-state index is 7.17. The number of nitrogens with zero attached hydrogens (tertiary/aromatic N) is 4. The highest BCUT2D eigenvalue weighted by Gasteiger charge is 2.11. The molecule has 0 saturated carbocycles. The number of nitrogens with two attached hydrogens (primary N) is 2. The number of anilines is 3. The third-order valence-corrected chi connectivity index (χ3v) is 5.87. The lowest BCUT2D eigenvalue weighted by Crippen LogP contribution is -2.01. The molecule has 0 amide bonds. The van der Waals surface area contributed by atoms with Crippen LogP contribution in [0.1, 0.15) is 4.11 Å². The lowest BCUT2D eigenvalue weighted by Gasteiger charge is -2.07. The van der Waals surface area contributed by atoms with Crippen molar-refractivity contribution in [2.24, 2.45) is 0 Å². The summed E-state index contributed by atoms with van der Waals surface area (Å²) in [5, 5.41) is 4.07. The molecule has 4 aromatic rings. The smallest absolute Gasteiger partial charge is 0.222 e. The molecule has 0 unspecified atom stereocenters. The molecule has 0 spiro atoms. The average molecular weight is 547 g/mol. The molecule has 33 heavy (non-hydrogen) atoms. The summed E-state index contributed by atoms with van der Waals surface area (Å²) in [5.74, 6) is 0.118. The molecular formula is C21H16Cl5N7. The minimum Gasteiger partial charge on any atom is -0.373 e. The van der Waals surface area contributed by atoms with Gasteiger partial charge in [-0.25, -0.2) is 15.0 Å². The van der Waals surface area contributed by atoms with Crippen LogP contribution in [0, 0.1) is 0 Å². The molecular weight excluding hydrogens is 528 g/mol. The molecule has 0 fully saturated rings. The number of rotatable bonds is 3. The molecule has 0 aliphatic carbocycles. The van der Waals surface area contributed by atoms with Gasteiger partial charge < -0.3 is 16.8 Å². The third kappa shape index (κ3) is 6.28. The van der Waals surface area contributed by atoms with Crippen molar-refractivity contribution in [3.63, 3.8) is 0 Å². The zero-order chi connectivity index (χ0) is 26.6. The molecule has 5 N–H and O–H groups in total. The van der Waals surface area contributed by atoms with Crippen LogP contribution in [-0.4, -0.2) is 26.9 Å². The Bertz CT molecular complexity index is 1380. The van der Waals surface area contributed by atoms with E-state index in [0.29, 0.717) is 42.6 Å². The van der Waals surface area contributed by atoms with Gasteiger partial charge in [-0.15, -0.1) is 0 Å². The molecule has 170 valence electrons. The molecule has 2 aromatic heterocycles. The number of benzene rings is 2. The fourth-order valence-corrected chi connectivity index (χ4v) is 3.63. The monoisotopic (exact) mass is 544 g/mol. The number of hydrogen-bond acceptors (Lipinski definition) is 7. The molecule has 0 bridgehead atoms. The number of halogens is 5. The van der Waals surface area contributed by atoms with E-state index >= 15 is 0 Å². The van der Waals surface area contributed by atoms with Crippen molar-refractivity contribution in [2.75, 3.05) is 23.8 Å². The van der Waals surface area contributed by atoms with Gasteiger partial charge in [-0.3, -0.25) is 0 Å². The first kappa shape index (κ1) is 21.0. The van der Waals surface area contributed by atoms with Gasteiger partial charge in [0.05, 0.1) is 31.5 Å². The predicted octanol–water partition coefficient (Wildman–Crippen LogP) is 6.76. The number of hydrogen-bond donors (Lipinski definition) is 3. The van der Waals surface area contributed by atoms with E-state index in [0.717, 1.165) is 0 Å². The van der Waals surface area contributed by atoms with Crippen LogP contribution in [0.5, 0.6) is 0 Å². The topological polar surface area (TPSA) is 116 Å². The zero-order valence-electron chi connectivity index (χ0n) is 19.5. The molecule has 12 heteroatoms. The van der Waals surface area contributed by atoms with Crippen LogP contribution in [0.3, 0.4) is 0 Å². The van der Waals surface area contributed by atoms with E-state index in [1.54, 1.807) is 42.5 Å². The van der Waals surface area contributed by atoms with E-state index in [2.05, 4.69) is 25.3 Å². The largest absolute Gasteiger partial charge is 0.373 e. The predicted molar refractivity (Wildman–Crippen MR) is 138 cm³/mol. The molecule has 7 nitrogen and oxygen atoms in total. The highest BCUT2D eigenvalue weighted by Crippen LogP contribution is 2.34. The van der Waals surface area contributed by atoms with Crippen molar-refractivity contribution in [1.82, 2.24) is 19.9 Å². The highest BCUT2D eigenvalue weighted by atomic mass is 35.5. The minimum atomic E-state index is -2.38. The van der Waals surface area contributed by atoms with Crippen molar-refractivity contribution >= 4 is 75.7 Å². The Balaban J connectivity index is 0.000000205. The van der Waals surface area contributed by atoms with Crippen molar-refractivity contribution in [3.05, 3.63) is 73.8 Å². The van der Waals surface area contributed by atoms with E-state index in [9.17, 15) is 0 Å². The Kier molecular flexibility index (Phi) is 7.04. The lowest BCUT2D eigenvalue weighted by molar-refractivity contribution is 1.18. The van der Waals surface area contributed by atoms with E-state index in [1.807, 2.05) is 0 Å². The second kappa shape index (κ2) is 11.0. The van der Waals surface area contributed by atoms with Gasteiger partial charge in [0, 0.05) is 34.3 Å². The number of nitrogen functional groups attached to an aromatic ring is 2. The SMILES string of the molecule is Nc1nc(Cl)cc(-c2cccc(Cl)c2Cl)n1.[2H]C([2H])([2H])Nc1cc(-c2cccc(Cl)c2Cl)nc(N)n1. The summed E-state index contributed by atoms with van der Waals surface area (Å²) in [5.41, 5.74) is 13.2. The fourth-order valence-electron chi connectivity index (χ4n) is 2.64. The molecule has 2 aromatic carbocycles. The highest BCUT2D eigenvalue weighted by molar-refractivity contribution is 6.44. The standard InChI is InChI=1S/C11H10Cl2N4.C10H6Cl3N3/c1-15-9-5-8(16-11(14)17-9)6-3-2-4-7(12)10(6)13;11-6-3-1-2-5(9(6)13)7-4-8(12)16-10(14)15-7/h2-5H,1H3,(H3,14,15,16,17);1-4H,(H2,14,15,16)/i1D3;. The maximum Gasteiger partial charge on any atom is 0.222 e. The molecule has 0 atom stereocenters. The third-order valence-electron chi connectivity index (χ3n) is 4.04. The van der Waals surface area contributed by atoms with Gasteiger partial charge in [-0.2, -0.15) is 4.98 Å². The van der Waals surface area contributed by atoms with Crippen LogP contribution in [0.4, 0.5) is 17.7 Å². The maximum atomic E-state index is 7.17. The quantitative estimate of drug-likeness (QED) is 0.243. The van der Waals surface area contributed by atoms with Crippen LogP contribution < -0.4 is 16.8 Å². The Morgan fingerprint density at radius 1 is 0.727 bits per heavy atom. The summed E-state index contributed by atoms with van der Waals surface area (Å²) in [4.78, 5) is 15.7. The molecule has 4 rings (SSSR count). The molecule has 2 heterocycles. The summed E-state index contributed by atoms with van der Waals surface area (Å²) < 4.78 is 21.5. The van der Waals surface area contributed by atoms with Crippen LogP contribution in [-0.2, 0) is 0 Å². The van der Waals surface area contributed by atoms with E-state index in [1.165, 1.54) is 6.07 Å². The number of aromatic nitrogens is 4. The van der Waals surface area contributed by atoms with Gasteiger partial charge in [-0.05, 0) is 12.1 Å². The zero-order valence-corrected chi connectivity index (χ0v) is 20.2. The normalized spacial score (nSPS) is 12.1. The summed E-state index contributed by atoms with van der Waals surface area (Å²) in [6.07, 6.45) is 0.